The lowest BCUT2D eigenvalue weighted by Crippen LogP contribution is -2.57. The van der Waals surface area contributed by atoms with E-state index < -0.39 is 14.2 Å². The van der Waals surface area contributed by atoms with Gasteiger partial charge >= 0.3 is 0 Å². The molecule has 0 aromatic heterocycles. The van der Waals surface area contributed by atoms with E-state index in [-0.39, 0.29) is 5.04 Å². The molecule has 5 heteroatoms. The van der Waals surface area contributed by atoms with Gasteiger partial charge < -0.3 is 15.1 Å². The van der Waals surface area contributed by atoms with Gasteiger partial charge in [0.25, 0.3) is 0 Å². The van der Waals surface area contributed by atoms with Crippen LogP contribution in [0.4, 0.5) is 5.69 Å². The van der Waals surface area contributed by atoms with Gasteiger partial charge in [0.15, 0.2) is 8.32 Å². The van der Waals surface area contributed by atoms with Crippen molar-refractivity contribution in [1.29, 1.82) is 0 Å². The number of amides is 1. The maximum Gasteiger partial charge on any atom is 0.226 e. The molecule has 2 N–H and O–H groups in total. The van der Waals surface area contributed by atoms with Crippen molar-refractivity contribution < 1.29 is 9.22 Å². The van der Waals surface area contributed by atoms with Gasteiger partial charge in [-0.15, -0.1) is 0 Å². The van der Waals surface area contributed by atoms with Gasteiger partial charge in [-0.2, -0.15) is 0 Å². The number of primary amides is 1. The summed E-state index contributed by atoms with van der Waals surface area (Å²) in [5, 5.41) is 0.250. The molecular weight excluding hydrogens is 292 g/mol. The normalized spacial score (nSPS) is 16.5. The summed E-state index contributed by atoms with van der Waals surface area (Å²) in [6, 6.07) is 7.89. The highest BCUT2D eigenvalue weighted by Crippen LogP contribution is 2.38. The van der Waals surface area contributed by atoms with Crippen LogP contribution in [0.15, 0.2) is 24.3 Å². The summed E-state index contributed by atoms with van der Waals surface area (Å²) in [4.78, 5) is 13.2. The molecule has 0 unspecified atom stereocenters. The van der Waals surface area contributed by atoms with Crippen molar-refractivity contribution in [2.24, 2.45) is 5.73 Å². The number of hydrogen-bond donors (Lipinski definition) is 1. The third-order valence-corrected chi connectivity index (χ3v) is 9.22. The Morgan fingerprint density at radius 3 is 2.27 bits per heavy atom. The average molecular weight is 320 g/mol. The fraction of sp³-hybridized carbons (Fsp3) is 0.529. The summed E-state index contributed by atoms with van der Waals surface area (Å²) >= 11 is 0. The van der Waals surface area contributed by atoms with Crippen molar-refractivity contribution in [1.82, 2.24) is 0 Å². The monoisotopic (exact) mass is 319 g/mol. The van der Waals surface area contributed by atoms with Crippen LogP contribution >= 0.6 is 0 Å². The molecule has 1 aliphatic heterocycles. The second kappa shape index (κ2) is 6.05. The fourth-order valence-corrected chi connectivity index (χ4v) is 3.60. The maximum absolute atomic E-state index is 10.9. The number of nitrogens with zero attached hydrogens (tertiary/aromatic N) is 1. The van der Waals surface area contributed by atoms with Crippen LogP contribution in [-0.2, 0) is 9.22 Å². The van der Waals surface area contributed by atoms with Gasteiger partial charge in [-0.1, -0.05) is 32.9 Å². The van der Waals surface area contributed by atoms with Crippen molar-refractivity contribution >= 4 is 19.9 Å². The Balaban J connectivity index is 1.88. The zero-order valence-electron chi connectivity index (χ0n) is 14.2. The molecule has 1 radical (unpaired) electrons. The number of carbonyl (C=O) groups excluding carboxylic acids is 1. The largest absolute Gasteiger partial charge is 0.410 e. The van der Waals surface area contributed by atoms with Crippen molar-refractivity contribution in [2.45, 2.75) is 45.0 Å². The van der Waals surface area contributed by atoms with Gasteiger partial charge in [-0.3, -0.25) is 4.79 Å². The van der Waals surface area contributed by atoms with Crippen LogP contribution in [0.25, 0.3) is 0 Å². The van der Waals surface area contributed by atoms with E-state index >= 15 is 0 Å². The summed E-state index contributed by atoms with van der Waals surface area (Å²) in [5.41, 5.74) is 7.16. The van der Waals surface area contributed by atoms with Crippen molar-refractivity contribution in [2.75, 3.05) is 18.0 Å². The molecule has 0 aliphatic carbocycles. The molecule has 2 rings (SSSR count). The number of hydrogen-bond acceptors (Lipinski definition) is 3. The van der Waals surface area contributed by atoms with Crippen LogP contribution in [0.3, 0.4) is 0 Å². The van der Waals surface area contributed by atoms with Gasteiger partial charge in [0.05, 0.1) is 12.5 Å². The summed E-state index contributed by atoms with van der Waals surface area (Å²) in [6.45, 7) is 13.3. The molecule has 1 aliphatic rings. The van der Waals surface area contributed by atoms with Gasteiger partial charge in [0.1, 0.15) is 0 Å². The first-order valence-corrected chi connectivity index (χ1v) is 10.7. The minimum absolute atomic E-state index is 0.250. The average Bonchev–Trinajstić information content (AvgIpc) is 2.32. The molecule has 0 spiro atoms. The fourth-order valence-electron chi connectivity index (χ4n) is 2.26. The SMILES string of the molecule is CC(C)(C)[Si](C)(C)OC1CN(c2ccc([CH]C(N)=O)cc2)C1. The molecule has 1 saturated heterocycles. The van der Waals surface area contributed by atoms with E-state index in [2.05, 4.69) is 38.8 Å². The molecule has 0 bridgehead atoms. The zero-order chi connectivity index (χ0) is 16.5. The van der Waals surface area contributed by atoms with E-state index in [1.165, 1.54) is 6.42 Å². The van der Waals surface area contributed by atoms with Crippen LogP contribution < -0.4 is 10.6 Å². The Morgan fingerprint density at radius 2 is 1.82 bits per heavy atom. The lowest BCUT2D eigenvalue weighted by molar-refractivity contribution is -0.114. The van der Waals surface area contributed by atoms with Crippen LogP contribution in [0.1, 0.15) is 26.3 Å². The predicted octanol–water partition coefficient (Wildman–Crippen LogP) is 2.93. The molecule has 1 aromatic rings. The quantitative estimate of drug-likeness (QED) is 0.849. The number of carbonyl (C=O) groups is 1. The molecule has 0 saturated carbocycles. The highest BCUT2D eigenvalue weighted by molar-refractivity contribution is 6.74. The third kappa shape index (κ3) is 3.90. The van der Waals surface area contributed by atoms with Gasteiger partial charge in [-0.05, 0) is 35.8 Å². The molecule has 1 heterocycles. The minimum Gasteiger partial charge on any atom is -0.410 e. The third-order valence-electron chi connectivity index (χ3n) is 4.68. The van der Waals surface area contributed by atoms with Crippen LogP contribution in [0.5, 0.6) is 0 Å². The Hall–Kier alpha value is -1.33. The van der Waals surface area contributed by atoms with Gasteiger partial charge in [0.2, 0.25) is 5.91 Å². The van der Waals surface area contributed by atoms with Crippen LogP contribution in [0, 0.1) is 6.42 Å². The van der Waals surface area contributed by atoms with Gasteiger partial charge in [0, 0.05) is 18.8 Å². The summed E-state index contributed by atoms with van der Waals surface area (Å²) < 4.78 is 6.40. The Morgan fingerprint density at radius 1 is 1.27 bits per heavy atom. The molecule has 1 amide bonds. The molecule has 22 heavy (non-hydrogen) atoms. The van der Waals surface area contributed by atoms with Crippen LogP contribution in [-0.4, -0.2) is 33.4 Å². The van der Waals surface area contributed by atoms with E-state index in [1.54, 1.807) is 0 Å². The summed E-state index contributed by atoms with van der Waals surface area (Å²) in [6.07, 6.45) is 1.77. The molecule has 1 aromatic carbocycles. The summed E-state index contributed by atoms with van der Waals surface area (Å²) in [7, 11) is -1.68. The lowest BCUT2D eigenvalue weighted by Gasteiger charge is -2.47. The first-order chi connectivity index (χ1) is 10.1. The topological polar surface area (TPSA) is 55.6 Å². The van der Waals surface area contributed by atoms with E-state index in [4.69, 9.17) is 10.2 Å². The molecule has 1 fully saturated rings. The van der Waals surface area contributed by atoms with Crippen molar-refractivity contribution in [3.63, 3.8) is 0 Å². The summed E-state index contributed by atoms with van der Waals surface area (Å²) in [5.74, 6) is -0.417. The smallest absolute Gasteiger partial charge is 0.226 e. The minimum atomic E-state index is -1.68. The second-order valence-electron chi connectivity index (χ2n) is 7.54. The van der Waals surface area contributed by atoms with E-state index in [0.717, 1.165) is 24.3 Å². The number of nitrogens with two attached hydrogens (primary N) is 1. The van der Waals surface area contributed by atoms with Crippen LogP contribution in [0.2, 0.25) is 18.1 Å². The van der Waals surface area contributed by atoms with E-state index in [0.29, 0.717) is 6.10 Å². The Kier molecular flexibility index (Phi) is 4.68. The number of anilines is 1. The van der Waals surface area contributed by atoms with E-state index in [9.17, 15) is 4.79 Å². The molecule has 121 valence electrons. The molecule has 0 atom stereocenters. The number of rotatable bonds is 5. The van der Waals surface area contributed by atoms with Gasteiger partial charge in [-0.25, -0.2) is 0 Å². The first kappa shape index (κ1) is 17.0. The second-order valence-corrected chi connectivity index (χ2v) is 12.3. The highest BCUT2D eigenvalue weighted by Gasteiger charge is 2.41. The molecule has 4 nitrogen and oxygen atoms in total. The maximum atomic E-state index is 10.9. The zero-order valence-corrected chi connectivity index (χ0v) is 15.2. The Bertz CT molecular complexity index is 529. The Labute approximate surface area is 134 Å². The lowest BCUT2D eigenvalue weighted by atomic mass is 10.1. The molecular formula is C17H27N2O2Si. The van der Waals surface area contributed by atoms with Crippen molar-refractivity contribution in [3.8, 4) is 0 Å². The standard InChI is InChI=1S/C17H27N2O2Si/c1-17(2,3)22(4,5)21-15-11-19(12-15)14-8-6-13(7-9-14)10-16(18)20/h6-10,15H,11-12H2,1-5H3,(H2,18,20). The highest BCUT2D eigenvalue weighted by atomic mass is 28.4. The van der Waals surface area contributed by atoms with Crippen molar-refractivity contribution in [3.05, 3.63) is 36.2 Å². The number of benzene rings is 1. The predicted molar refractivity (Wildman–Crippen MR) is 93.3 cm³/mol. The first-order valence-electron chi connectivity index (χ1n) is 7.75. The van der Waals surface area contributed by atoms with E-state index in [1.807, 2.05) is 24.3 Å².